The van der Waals surface area contributed by atoms with Gasteiger partial charge in [0.25, 0.3) is 0 Å². The summed E-state index contributed by atoms with van der Waals surface area (Å²) in [6.45, 7) is 0.816. The van der Waals surface area contributed by atoms with E-state index in [1.54, 1.807) is 4.90 Å². The van der Waals surface area contributed by atoms with Gasteiger partial charge in [0.2, 0.25) is 11.8 Å². The normalized spacial score (nSPS) is 20.5. The Kier molecular flexibility index (Phi) is 5.46. The third kappa shape index (κ3) is 3.92. The van der Waals surface area contributed by atoms with Gasteiger partial charge in [-0.15, -0.1) is 0 Å². The Morgan fingerprint density at radius 2 is 1.92 bits per heavy atom. The second-order valence-electron chi connectivity index (χ2n) is 10.3. The van der Waals surface area contributed by atoms with E-state index >= 15 is 0 Å². The lowest BCUT2D eigenvalue weighted by atomic mass is 9.92. The number of anilines is 1. The minimum absolute atomic E-state index is 0.0394. The highest BCUT2D eigenvalue weighted by molar-refractivity contribution is 6.13. The number of benzene rings is 3. The molecule has 1 unspecified atom stereocenters. The van der Waals surface area contributed by atoms with Gasteiger partial charge in [-0.1, -0.05) is 60.7 Å². The van der Waals surface area contributed by atoms with E-state index in [9.17, 15) is 9.59 Å². The van der Waals surface area contributed by atoms with E-state index < -0.39 is 11.3 Å². The van der Waals surface area contributed by atoms with E-state index in [0.29, 0.717) is 6.42 Å². The lowest BCUT2D eigenvalue weighted by Crippen LogP contribution is -2.39. The maximum atomic E-state index is 13.5. The molecule has 1 saturated carbocycles. The van der Waals surface area contributed by atoms with Crippen molar-refractivity contribution in [3.05, 3.63) is 94.7 Å². The number of H-pyrrole nitrogens is 1. The Morgan fingerprint density at radius 1 is 1.14 bits per heavy atom. The van der Waals surface area contributed by atoms with E-state index in [1.165, 1.54) is 5.56 Å². The van der Waals surface area contributed by atoms with Crippen molar-refractivity contribution in [1.82, 2.24) is 15.1 Å². The highest BCUT2D eigenvalue weighted by atomic mass is 16.2. The molecule has 186 valence electrons. The van der Waals surface area contributed by atoms with Gasteiger partial charge in [-0.25, -0.2) is 0 Å². The van der Waals surface area contributed by atoms with Crippen LogP contribution in [0.15, 0.2) is 66.7 Å². The zero-order valence-corrected chi connectivity index (χ0v) is 20.9. The number of hydrogen-bond donors (Lipinski definition) is 2. The molecule has 0 bridgehead atoms. The van der Waals surface area contributed by atoms with Gasteiger partial charge in [0.05, 0.1) is 16.6 Å². The van der Waals surface area contributed by atoms with Gasteiger partial charge in [-0.3, -0.25) is 14.7 Å². The van der Waals surface area contributed by atoms with Gasteiger partial charge < -0.3 is 15.5 Å². The zero-order chi connectivity index (χ0) is 25.7. The maximum Gasteiger partial charge on any atom is 0.238 e. The highest BCUT2D eigenvalue weighted by Gasteiger charge is 2.67. The quantitative estimate of drug-likeness (QED) is 0.408. The summed E-state index contributed by atoms with van der Waals surface area (Å²) >= 11 is 0. The SMILES string of the molecule is CN(C)Cc1ccc(C=Cc2n[nH]c3cc(C4C[C@@]45C(=O)N(CC(N)=O)c4ccccc45)ccc23)cc1. The molecule has 1 spiro atoms. The van der Waals surface area contributed by atoms with Gasteiger partial charge in [0, 0.05) is 23.5 Å². The molecule has 4 aromatic rings. The van der Waals surface area contributed by atoms with E-state index in [4.69, 9.17) is 5.73 Å². The van der Waals surface area contributed by atoms with Crippen LogP contribution in [0.4, 0.5) is 5.69 Å². The summed E-state index contributed by atoms with van der Waals surface area (Å²) in [6, 6.07) is 22.5. The first-order valence-corrected chi connectivity index (χ1v) is 12.5. The van der Waals surface area contributed by atoms with Crippen LogP contribution < -0.4 is 10.6 Å². The van der Waals surface area contributed by atoms with Gasteiger partial charge in [-0.05, 0) is 61.0 Å². The number of rotatable bonds is 7. The molecule has 3 N–H and O–H groups in total. The molecule has 3 aromatic carbocycles. The van der Waals surface area contributed by atoms with Gasteiger partial charge in [0.15, 0.2) is 0 Å². The molecule has 2 heterocycles. The minimum Gasteiger partial charge on any atom is -0.368 e. The summed E-state index contributed by atoms with van der Waals surface area (Å²) in [6.07, 6.45) is 4.81. The fourth-order valence-corrected chi connectivity index (χ4v) is 5.74. The largest absolute Gasteiger partial charge is 0.368 e. The summed E-state index contributed by atoms with van der Waals surface area (Å²) < 4.78 is 0. The van der Waals surface area contributed by atoms with E-state index in [1.807, 2.05) is 30.3 Å². The lowest BCUT2D eigenvalue weighted by Gasteiger charge is -2.16. The molecule has 2 amide bonds. The smallest absolute Gasteiger partial charge is 0.238 e. The second kappa shape index (κ2) is 8.71. The summed E-state index contributed by atoms with van der Waals surface area (Å²) in [5, 5.41) is 8.72. The molecule has 37 heavy (non-hydrogen) atoms. The summed E-state index contributed by atoms with van der Waals surface area (Å²) in [7, 11) is 4.13. The second-order valence-corrected chi connectivity index (χ2v) is 10.3. The van der Waals surface area contributed by atoms with Crippen LogP contribution in [0.25, 0.3) is 23.1 Å². The third-order valence-electron chi connectivity index (χ3n) is 7.51. The van der Waals surface area contributed by atoms with Crippen LogP contribution in [0.2, 0.25) is 0 Å². The Labute approximate surface area is 215 Å². The monoisotopic (exact) mass is 491 g/mol. The molecule has 6 rings (SSSR count). The number of primary amides is 1. The number of nitrogens with two attached hydrogens (primary N) is 1. The number of aromatic nitrogens is 2. The number of fused-ring (bicyclic) bond motifs is 3. The van der Waals surface area contributed by atoms with Crippen LogP contribution in [0.1, 0.15) is 40.3 Å². The van der Waals surface area contributed by atoms with Gasteiger partial charge >= 0.3 is 0 Å². The number of carbonyl (C=O) groups is 2. The number of aromatic amines is 1. The Bertz CT molecular complexity index is 1550. The first-order valence-electron chi connectivity index (χ1n) is 12.5. The van der Waals surface area contributed by atoms with Crippen LogP contribution in [-0.4, -0.2) is 47.6 Å². The predicted octanol–water partition coefficient (Wildman–Crippen LogP) is 4.05. The fourth-order valence-electron chi connectivity index (χ4n) is 5.74. The van der Waals surface area contributed by atoms with E-state index in [0.717, 1.165) is 45.5 Å². The van der Waals surface area contributed by atoms with Crippen molar-refractivity contribution >= 4 is 40.6 Å². The summed E-state index contributed by atoms with van der Waals surface area (Å²) in [4.78, 5) is 28.9. The van der Waals surface area contributed by atoms with E-state index in [2.05, 4.69) is 77.7 Å². The number of amides is 2. The molecule has 1 aliphatic heterocycles. The summed E-state index contributed by atoms with van der Waals surface area (Å²) in [5.41, 5.74) is 11.9. The molecule has 1 fully saturated rings. The number of hydrogen-bond acceptors (Lipinski definition) is 4. The third-order valence-corrected chi connectivity index (χ3v) is 7.51. The average molecular weight is 492 g/mol. The van der Waals surface area contributed by atoms with Crippen LogP contribution in [-0.2, 0) is 21.5 Å². The molecule has 1 aromatic heterocycles. The maximum absolute atomic E-state index is 13.5. The minimum atomic E-state index is -0.624. The lowest BCUT2D eigenvalue weighted by molar-refractivity contribution is -0.123. The van der Waals surface area contributed by atoms with E-state index in [-0.39, 0.29) is 18.4 Å². The molecule has 7 heteroatoms. The van der Waals surface area contributed by atoms with Crippen molar-refractivity contribution in [2.24, 2.45) is 5.73 Å². The highest BCUT2D eigenvalue weighted by Crippen LogP contribution is 2.66. The first-order chi connectivity index (χ1) is 17.9. The van der Waals surface area contributed by atoms with Crippen molar-refractivity contribution in [3.8, 4) is 0 Å². The first kappa shape index (κ1) is 23.2. The van der Waals surface area contributed by atoms with Crippen molar-refractivity contribution in [2.45, 2.75) is 24.3 Å². The molecular weight excluding hydrogens is 462 g/mol. The van der Waals surface area contributed by atoms with Gasteiger partial charge in [-0.2, -0.15) is 5.10 Å². The molecule has 2 atom stereocenters. The molecule has 0 radical (unpaired) electrons. The van der Waals surface area contributed by atoms with Crippen molar-refractivity contribution in [3.63, 3.8) is 0 Å². The molecule has 2 aliphatic rings. The number of carbonyl (C=O) groups excluding carboxylic acids is 2. The Hall–Kier alpha value is -4.23. The Balaban J connectivity index is 1.25. The number of para-hydroxylation sites is 1. The van der Waals surface area contributed by atoms with Crippen molar-refractivity contribution < 1.29 is 9.59 Å². The zero-order valence-electron chi connectivity index (χ0n) is 20.9. The topological polar surface area (TPSA) is 95.3 Å². The van der Waals surface area contributed by atoms with Crippen molar-refractivity contribution in [1.29, 1.82) is 0 Å². The number of nitrogens with zero attached hydrogens (tertiary/aromatic N) is 3. The Morgan fingerprint density at radius 3 is 2.68 bits per heavy atom. The summed E-state index contributed by atoms with van der Waals surface area (Å²) in [5.74, 6) is -0.504. The van der Waals surface area contributed by atoms with Crippen molar-refractivity contribution in [2.75, 3.05) is 25.5 Å². The van der Waals surface area contributed by atoms with Gasteiger partial charge in [0.1, 0.15) is 6.54 Å². The average Bonchev–Trinajstić information content (AvgIpc) is 3.45. The molecular formula is C30H29N5O2. The number of nitrogens with one attached hydrogen (secondary N) is 1. The molecule has 0 saturated heterocycles. The molecule has 1 aliphatic carbocycles. The van der Waals surface area contributed by atoms with Crippen LogP contribution in [0.5, 0.6) is 0 Å². The predicted molar refractivity (Wildman–Crippen MR) is 146 cm³/mol. The molecule has 7 nitrogen and oxygen atoms in total. The fraction of sp³-hybridized carbons (Fsp3) is 0.233. The standard InChI is InChI=1S/C30H29N5O2/c1-34(2)17-20-9-7-19(8-10-20)11-14-25-22-13-12-21(15-26(22)33-32-25)24-16-30(24)23-5-3-4-6-27(23)35(29(30)37)18-28(31)36/h3-15,24H,16-18H2,1-2H3,(H2,31,36)(H,32,33)/t24?,30-/m0/s1. The van der Waals surface area contributed by atoms with Crippen LogP contribution >= 0.6 is 0 Å². The van der Waals surface area contributed by atoms with Crippen LogP contribution in [0.3, 0.4) is 0 Å². The van der Waals surface area contributed by atoms with Crippen LogP contribution in [0, 0.1) is 0 Å².